The first kappa shape index (κ1) is 19.7. The van der Waals surface area contributed by atoms with Gasteiger partial charge in [-0.15, -0.1) is 12.4 Å². The van der Waals surface area contributed by atoms with Crippen molar-refractivity contribution in [2.45, 2.75) is 30.0 Å². The number of sulfonamides is 1. The Morgan fingerprint density at radius 2 is 2.00 bits per heavy atom. The lowest BCUT2D eigenvalue weighted by atomic mass is 10.2. The van der Waals surface area contributed by atoms with Gasteiger partial charge in [-0.25, -0.2) is 13.1 Å². The molecule has 2 rings (SSSR count). The molecule has 1 aromatic rings. The molecule has 4 nitrogen and oxygen atoms in total. The van der Waals surface area contributed by atoms with E-state index in [9.17, 15) is 21.6 Å². The summed E-state index contributed by atoms with van der Waals surface area (Å²) in [6, 6.07) is 2.65. The van der Waals surface area contributed by atoms with Crippen molar-refractivity contribution < 1.29 is 21.6 Å². The standard InChI is InChI=1S/C12H14BrF3N2O2S.ClH/c13-9-4-8(12(14,15)16)5-11(6-9)21(19,20)18-7-10-2-1-3-17-10;/h4-6,10,17-18H,1-3,7H2;1H. The van der Waals surface area contributed by atoms with Crippen LogP contribution in [0, 0.1) is 0 Å². The zero-order chi connectivity index (χ0) is 15.7. The van der Waals surface area contributed by atoms with E-state index in [1.807, 2.05) is 0 Å². The van der Waals surface area contributed by atoms with Crippen molar-refractivity contribution in [3.05, 3.63) is 28.2 Å². The van der Waals surface area contributed by atoms with E-state index < -0.39 is 26.7 Å². The highest BCUT2D eigenvalue weighted by atomic mass is 79.9. The maximum absolute atomic E-state index is 12.7. The monoisotopic (exact) mass is 422 g/mol. The van der Waals surface area contributed by atoms with E-state index in [0.717, 1.165) is 31.5 Å². The number of hydrogen-bond donors (Lipinski definition) is 2. The fourth-order valence-electron chi connectivity index (χ4n) is 2.11. The van der Waals surface area contributed by atoms with Gasteiger partial charge >= 0.3 is 6.18 Å². The fourth-order valence-corrected chi connectivity index (χ4v) is 3.90. The van der Waals surface area contributed by atoms with Gasteiger partial charge in [0.25, 0.3) is 0 Å². The Morgan fingerprint density at radius 3 is 2.55 bits per heavy atom. The lowest BCUT2D eigenvalue weighted by Gasteiger charge is -2.14. The minimum absolute atomic E-state index is 0. The SMILES string of the molecule is Cl.O=S(=O)(NCC1CCCN1)c1cc(Br)cc(C(F)(F)F)c1. The second kappa shape index (κ2) is 7.48. The summed E-state index contributed by atoms with van der Waals surface area (Å²) in [5, 5.41) is 3.11. The Hall–Kier alpha value is -0.350. The van der Waals surface area contributed by atoms with E-state index >= 15 is 0 Å². The highest BCUT2D eigenvalue weighted by Gasteiger charge is 2.32. The second-order valence-electron chi connectivity index (χ2n) is 4.82. The molecule has 10 heteroatoms. The molecular weight excluding hydrogens is 409 g/mol. The van der Waals surface area contributed by atoms with E-state index in [1.54, 1.807) is 0 Å². The van der Waals surface area contributed by atoms with Crippen LogP contribution in [0.15, 0.2) is 27.6 Å². The summed E-state index contributed by atoms with van der Waals surface area (Å²) in [5.74, 6) is 0. The molecule has 1 unspecified atom stereocenters. The highest BCUT2D eigenvalue weighted by molar-refractivity contribution is 9.10. The number of hydrogen-bond acceptors (Lipinski definition) is 3. The molecule has 0 radical (unpaired) electrons. The van der Waals surface area contributed by atoms with Gasteiger partial charge in [0.2, 0.25) is 10.0 Å². The van der Waals surface area contributed by atoms with Gasteiger partial charge in [0.1, 0.15) is 0 Å². The molecule has 0 aliphatic carbocycles. The third-order valence-electron chi connectivity index (χ3n) is 3.19. The number of benzene rings is 1. The third kappa shape index (κ3) is 5.09. The smallest absolute Gasteiger partial charge is 0.313 e. The summed E-state index contributed by atoms with van der Waals surface area (Å²) in [4.78, 5) is -0.401. The number of rotatable bonds is 4. The molecule has 1 aromatic carbocycles. The molecule has 0 amide bonds. The minimum atomic E-state index is -4.60. The molecule has 1 aliphatic heterocycles. The highest BCUT2D eigenvalue weighted by Crippen LogP contribution is 2.33. The van der Waals surface area contributed by atoms with Crippen LogP contribution in [0.5, 0.6) is 0 Å². The Kier molecular flexibility index (Phi) is 6.70. The van der Waals surface area contributed by atoms with E-state index in [-0.39, 0.29) is 29.5 Å². The number of nitrogens with one attached hydrogen (secondary N) is 2. The van der Waals surface area contributed by atoms with Crippen LogP contribution < -0.4 is 10.0 Å². The first-order valence-electron chi connectivity index (χ1n) is 6.29. The Bertz CT molecular complexity index is 619. The van der Waals surface area contributed by atoms with Crippen LogP contribution in [0.4, 0.5) is 13.2 Å². The molecule has 2 N–H and O–H groups in total. The largest absolute Gasteiger partial charge is 0.416 e. The Labute approximate surface area is 141 Å². The third-order valence-corrected chi connectivity index (χ3v) is 5.05. The van der Waals surface area contributed by atoms with E-state index in [2.05, 4.69) is 26.0 Å². The lowest BCUT2D eigenvalue weighted by Crippen LogP contribution is -2.37. The molecule has 1 heterocycles. The lowest BCUT2D eigenvalue weighted by molar-refractivity contribution is -0.137. The maximum atomic E-state index is 12.7. The van der Waals surface area contributed by atoms with Crippen LogP contribution in [0.1, 0.15) is 18.4 Å². The first-order chi connectivity index (χ1) is 9.68. The summed E-state index contributed by atoms with van der Waals surface area (Å²) >= 11 is 2.91. The van der Waals surface area contributed by atoms with Crippen LogP contribution in [0.2, 0.25) is 0 Å². The average Bonchev–Trinajstić information content (AvgIpc) is 2.88. The molecule has 0 spiro atoms. The molecule has 1 saturated heterocycles. The Morgan fingerprint density at radius 1 is 1.32 bits per heavy atom. The van der Waals surface area contributed by atoms with Gasteiger partial charge in [-0.2, -0.15) is 13.2 Å². The summed E-state index contributed by atoms with van der Waals surface area (Å²) < 4.78 is 64.8. The van der Waals surface area contributed by atoms with Gasteiger partial charge < -0.3 is 5.32 Å². The molecule has 1 atom stereocenters. The predicted octanol–water partition coefficient (Wildman–Crippen LogP) is 2.92. The van der Waals surface area contributed by atoms with Gasteiger partial charge in [-0.1, -0.05) is 15.9 Å². The first-order valence-corrected chi connectivity index (χ1v) is 8.57. The van der Waals surface area contributed by atoms with Crippen molar-refractivity contribution in [3.8, 4) is 0 Å². The van der Waals surface area contributed by atoms with Crippen LogP contribution in [0.25, 0.3) is 0 Å². The van der Waals surface area contributed by atoms with Gasteiger partial charge in [-0.3, -0.25) is 0 Å². The summed E-state index contributed by atoms with van der Waals surface area (Å²) in [5.41, 5.74) is -1.00. The van der Waals surface area contributed by atoms with Crippen molar-refractivity contribution in [1.82, 2.24) is 10.0 Å². The zero-order valence-corrected chi connectivity index (χ0v) is 14.5. The molecule has 22 heavy (non-hydrogen) atoms. The molecular formula is C12H15BrClF3N2O2S. The number of halogens is 5. The molecule has 0 bridgehead atoms. The topological polar surface area (TPSA) is 58.2 Å². The molecule has 126 valence electrons. The predicted molar refractivity (Wildman–Crippen MR) is 82.6 cm³/mol. The van der Waals surface area contributed by atoms with Gasteiger partial charge in [0.05, 0.1) is 10.5 Å². The van der Waals surface area contributed by atoms with Gasteiger partial charge in [0, 0.05) is 17.1 Å². The Balaban J connectivity index is 0.00000242. The quantitative estimate of drug-likeness (QED) is 0.783. The molecule has 0 aromatic heterocycles. The van der Waals surface area contributed by atoms with Crippen molar-refractivity contribution in [1.29, 1.82) is 0 Å². The van der Waals surface area contributed by atoms with Gasteiger partial charge in [-0.05, 0) is 37.6 Å². The molecule has 0 saturated carbocycles. The normalized spacial score (nSPS) is 19.0. The van der Waals surface area contributed by atoms with Crippen molar-refractivity contribution in [2.75, 3.05) is 13.1 Å². The minimum Gasteiger partial charge on any atom is -0.313 e. The molecule has 1 aliphatic rings. The van der Waals surface area contributed by atoms with Crippen LogP contribution in [-0.4, -0.2) is 27.5 Å². The summed E-state index contributed by atoms with van der Waals surface area (Å²) in [6.07, 6.45) is -2.79. The average molecular weight is 424 g/mol. The number of alkyl halides is 3. The van der Waals surface area contributed by atoms with Crippen molar-refractivity contribution >= 4 is 38.4 Å². The maximum Gasteiger partial charge on any atom is 0.416 e. The van der Waals surface area contributed by atoms with Crippen molar-refractivity contribution in [2.24, 2.45) is 0 Å². The zero-order valence-electron chi connectivity index (χ0n) is 11.3. The van der Waals surface area contributed by atoms with E-state index in [4.69, 9.17) is 0 Å². The molecule has 1 fully saturated rings. The summed E-state index contributed by atoms with van der Waals surface area (Å²) in [7, 11) is -3.97. The fraction of sp³-hybridized carbons (Fsp3) is 0.500. The summed E-state index contributed by atoms with van der Waals surface area (Å²) in [6.45, 7) is 0.984. The van der Waals surface area contributed by atoms with E-state index in [0.29, 0.717) is 6.07 Å². The second-order valence-corrected chi connectivity index (χ2v) is 7.50. The van der Waals surface area contributed by atoms with Crippen LogP contribution in [-0.2, 0) is 16.2 Å². The van der Waals surface area contributed by atoms with Crippen molar-refractivity contribution in [3.63, 3.8) is 0 Å². The van der Waals surface area contributed by atoms with Crippen LogP contribution >= 0.6 is 28.3 Å². The van der Waals surface area contributed by atoms with Gasteiger partial charge in [0.15, 0.2) is 0 Å². The van der Waals surface area contributed by atoms with Crippen LogP contribution in [0.3, 0.4) is 0 Å². The van der Waals surface area contributed by atoms with E-state index in [1.165, 1.54) is 0 Å².